The Labute approximate surface area is 546 Å². The zero-order valence-corrected chi connectivity index (χ0v) is 55.6. The molecule has 91 heavy (non-hydrogen) atoms. The highest BCUT2D eigenvalue weighted by Gasteiger charge is 2.64. The molecule has 6 amide bonds. The number of amides is 6. The third-order valence-corrected chi connectivity index (χ3v) is 19.3. The Morgan fingerprint density at radius 3 is 2.22 bits per heavy atom. The molecule has 4 aliphatic heterocycles. The van der Waals surface area contributed by atoms with E-state index in [0.717, 1.165) is 33.5 Å². The molecule has 25 heteroatoms. The summed E-state index contributed by atoms with van der Waals surface area (Å²) >= 11 is 6.83. The van der Waals surface area contributed by atoms with Crippen LogP contribution in [0.2, 0.25) is 5.02 Å². The SMILES string of the molecule is COc1cc2cc(c1Cl)N(C)C(=O)C[C@H](OC(=O)[C@@H](C)N(C)C(=O)CCSSCCCC(=O)NCCOCCOCCOCCNC(=O)CCC(=O)N1Cc3ccccc3/C=C\c3ccccc31)[C@@]1(C)O[C@H]1[C@H](C)[C@@H]1C[C@@](O)(NC(=O)O1)[C@H](OC)/C=C/C=C(\C)C2. The van der Waals surface area contributed by atoms with Gasteiger partial charge in [0.1, 0.15) is 40.7 Å². The molecule has 4 heterocycles. The number of fused-ring (bicyclic) bond motifs is 7. The Hall–Kier alpha value is -6.48. The molecule has 4 aliphatic rings. The van der Waals surface area contributed by atoms with Gasteiger partial charge >= 0.3 is 12.1 Å². The van der Waals surface area contributed by atoms with Gasteiger partial charge in [0, 0.05) is 83.8 Å². The summed E-state index contributed by atoms with van der Waals surface area (Å²) < 4.78 is 46.2. The van der Waals surface area contributed by atoms with Crippen LogP contribution in [0.15, 0.2) is 84.5 Å². The van der Waals surface area contributed by atoms with Crippen molar-refractivity contribution in [3.05, 3.63) is 112 Å². The second-order valence-corrected chi connectivity index (χ2v) is 26.1. The molecule has 3 aromatic rings. The minimum Gasteiger partial charge on any atom is -0.495 e. The number of ether oxygens (including phenoxy) is 8. The van der Waals surface area contributed by atoms with Crippen molar-refractivity contribution in [2.24, 2.45) is 5.92 Å². The lowest BCUT2D eigenvalue weighted by molar-refractivity contribution is -0.162. The third kappa shape index (κ3) is 20.5. The molecule has 4 N–H and O–H groups in total. The van der Waals surface area contributed by atoms with E-state index in [9.17, 15) is 38.7 Å². The maximum Gasteiger partial charge on any atom is 0.409 e. The van der Waals surface area contributed by atoms with Crippen molar-refractivity contribution in [1.82, 2.24) is 20.9 Å². The molecule has 0 spiro atoms. The van der Waals surface area contributed by atoms with Gasteiger partial charge in [-0.25, -0.2) is 9.59 Å². The lowest BCUT2D eigenvalue weighted by atomic mass is 9.83. The van der Waals surface area contributed by atoms with Gasteiger partial charge in [-0.1, -0.05) is 119 Å². The predicted molar refractivity (Wildman–Crippen MR) is 350 cm³/mol. The van der Waals surface area contributed by atoms with Crippen LogP contribution in [0.3, 0.4) is 0 Å². The van der Waals surface area contributed by atoms with Crippen LogP contribution < -0.4 is 30.5 Å². The van der Waals surface area contributed by atoms with Crippen LogP contribution in [0.5, 0.6) is 5.75 Å². The van der Waals surface area contributed by atoms with E-state index in [0.29, 0.717) is 101 Å². The number of nitrogens with one attached hydrogen (secondary N) is 3. The average molecular weight is 1320 g/mol. The number of esters is 1. The summed E-state index contributed by atoms with van der Waals surface area (Å²) in [5.74, 6) is -1.09. The van der Waals surface area contributed by atoms with Crippen LogP contribution in [0.25, 0.3) is 12.2 Å². The topological polar surface area (TPSA) is 263 Å². The molecule has 0 unspecified atom stereocenters. The largest absolute Gasteiger partial charge is 0.495 e. The average Bonchev–Trinajstić information content (AvgIpc) is 1.58. The zero-order valence-electron chi connectivity index (χ0n) is 53.2. The normalized spacial score (nSPS) is 23.8. The number of aliphatic hydroxyl groups is 1. The summed E-state index contributed by atoms with van der Waals surface area (Å²) in [6.45, 7) is 10.0. The smallest absolute Gasteiger partial charge is 0.409 e. The van der Waals surface area contributed by atoms with Crippen molar-refractivity contribution in [2.45, 2.75) is 127 Å². The number of rotatable bonds is 28. The van der Waals surface area contributed by atoms with Crippen LogP contribution in [0.1, 0.15) is 94.9 Å². The highest BCUT2D eigenvalue weighted by Crippen LogP contribution is 2.49. The number of anilines is 2. The number of methoxy groups -OCH3 is 2. The van der Waals surface area contributed by atoms with Crippen molar-refractivity contribution in [3.8, 4) is 5.75 Å². The summed E-state index contributed by atoms with van der Waals surface area (Å²) in [6.07, 6.45) is 5.88. The number of para-hydroxylation sites is 1. The van der Waals surface area contributed by atoms with Crippen molar-refractivity contribution >= 4 is 98.3 Å². The van der Waals surface area contributed by atoms with Gasteiger partial charge in [-0.05, 0) is 74.1 Å². The highest BCUT2D eigenvalue weighted by atomic mass is 35.5. The number of alkyl carbamates (subject to hydrolysis) is 1. The molecule has 0 aromatic heterocycles. The van der Waals surface area contributed by atoms with Gasteiger partial charge < -0.3 is 68.3 Å². The van der Waals surface area contributed by atoms with Gasteiger partial charge in [0.2, 0.25) is 29.5 Å². The zero-order chi connectivity index (χ0) is 65.7. The van der Waals surface area contributed by atoms with Crippen LogP contribution in [-0.2, 0) is 74.9 Å². The first-order valence-electron chi connectivity index (χ1n) is 30.7. The fraction of sp³-hybridized carbons (Fsp3) is 0.530. The number of hydrogen-bond acceptors (Lipinski definition) is 18. The lowest BCUT2D eigenvalue weighted by Crippen LogP contribution is -2.63. The molecule has 2 saturated heterocycles. The number of epoxide rings is 1. The van der Waals surface area contributed by atoms with Crippen molar-refractivity contribution in [2.75, 3.05) is 102 Å². The Morgan fingerprint density at radius 2 is 1.52 bits per heavy atom. The number of halogens is 1. The molecule has 3 aromatic carbocycles. The van der Waals surface area contributed by atoms with E-state index < -0.39 is 65.7 Å². The van der Waals surface area contributed by atoms with Gasteiger partial charge in [0.05, 0.1) is 77.2 Å². The van der Waals surface area contributed by atoms with E-state index >= 15 is 0 Å². The summed E-state index contributed by atoms with van der Waals surface area (Å²) in [7, 11) is 9.01. The molecule has 0 radical (unpaired) electrons. The van der Waals surface area contributed by atoms with E-state index in [2.05, 4.69) is 22.0 Å². The Morgan fingerprint density at radius 1 is 0.868 bits per heavy atom. The monoisotopic (exact) mass is 1320 g/mol. The van der Waals surface area contributed by atoms with Gasteiger partial charge in [0.15, 0.2) is 5.72 Å². The first-order chi connectivity index (χ1) is 43.7. The predicted octanol–water partition coefficient (Wildman–Crippen LogP) is 7.85. The molecule has 7 rings (SSSR count). The minimum atomic E-state index is -1.87. The number of allylic oxidation sites excluding steroid dienone is 3. The number of hydrogen-bond donors (Lipinski definition) is 4. The van der Waals surface area contributed by atoms with E-state index in [4.69, 9.17) is 49.5 Å². The maximum absolute atomic E-state index is 14.4. The Balaban J connectivity index is 0.748. The minimum absolute atomic E-state index is 0.0631. The van der Waals surface area contributed by atoms with Gasteiger partial charge in [0.25, 0.3) is 0 Å². The molecule has 8 atom stereocenters. The second kappa shape index (κ2) is 35.0. The van der Waals surface area contributed by atoms with Crippen molar-refractivity contribution in [3.63, 3.8) is 0 Å². The second-order valence-electron chi connectivity index (χ2n) is 23.0. The summed E-state index contributed by atoms with van der Waals surface area (Å²) in [5, 5.41) is 20.3. The van der Waals surface area contributed by atoms with Gasteiger partial charge in [-0.15, -0.1) is 0 Å². The first kappa shape index (κ1) is 72.0. The van der Waals surface area contributed by atoms with Gasteiger partial charge in [-0.3, -0.25) is 29.3 Å². The van der Waals surface area contributed by atoms with E-state index in [1.807, 2.05) is 67.6 Å². The summed E-state index contributed by atoms with van der Waals surface area (Å²) in [4.78, 5) is 97.8. The Kier molecular flexibility index (Phi) is 27.7. The summed E-state index contributed by atoms with van der Waals surface area (Å²) in [6, 6.07) is 18.2. The maximum atomic E-state index is 14.4. The van der Waals surface area contributed by atoms with Crippen LogP contribution in [0, 0.1) is 5.92 Å². The molecule has 4 bridgehead atoms. The fourth-order valence-electron chi connectivity index (χ4n) is 10.9. The molecule has 0 saturated carbocycles. The number of likely N-dealkylation sites (N-methyl/N-ethyl adjacent to an activating group) is 1. The van der Waals surface area contributed by atoms with Crippen molar-refractivity contribution < 1.29 is 76.6 Å². The first-order valence-corrected chi connectivity index (χ1v) is 33.5. The molecule has 0 aliphatic carbocycles. The van der Waals surface area contributed by atoms with Crippen LogP contribution in [-0.4, -0.2) is 186 Å². The standard InChI is InChI=1S/C66H87ClN6O16S2/c1-43-15-13-20-54(83-8)66(81)41-53(87-64(80)70-66)44(2)62-65(4,89-62)55(40-60(78)72(6)51-38-46(37-43)39-52(82-7)61(51)67)88-63(79)45(3)71(5)58(76)26-36-91-90-35-14-21-56(74)68-27-29-84-31-33-86-34-32-85-30-28-69-57(75)24-25-59(77)73-42-49-18-10-9-16-47(49)22-23-48-17-11-12-19-50(48)73/h9-13,15-20,22-23,38-39,44-45,53-55,62,81H,14,21,24-37,40-42H2,1-8H3,(H,68,74)(H,69,75)(H,70,80)/b20-13+,23-22-,43-15+/t44-,45-,53+,54-,55+,62+,65-,66+/m1/s1. The number of nitrogens with zero attached hydrogens (tertiary/aromatic N) is 3. The summed E-state index contributed by atoms with van der Waals surface area (Å²) in [5.41, 5.74) is 2.75. The molecular weight excluding hydrogens is 1230 g/mol. The van der Waals surface area contributed by atoms with Crippen molar-refractivity contribution in [1.29, 1.82) is 0 Å². The molecular formula is C66H87ClN6O16S2. The molecule has 22 nitrogen and oxygen atoms in total. The fourth-order valence-corrected chi connectivity index (χ4v) is 13.3. The van der Waals surface area contributed by atoms with E-state index in [1.165, 1.54) is 41.9 Å². The van der Waals surface area contributed by atoms with E-state index in [-0.39, 0.29) is 60.8 Å². The quantitative estimate of drug-likeness (QED) is 0.0233. The van der Waals surface area contributed by atoms with Gasteiger partial charge in [-0.2, -0.15) is 0 Å². The number of benzene rings is 3. The number of carbonyl (C=O) groups excluding carboxylic acids is 7. The molecule has 2 fully saturated rings. The van der Waals surface area contributed by atoms with E-state index in [1.54, 1.807) is 67.8 Å². The highest BCUT2D eigenvalue weighted by molar-refractivity contribution is 8.76. The van der Waals surface area contributed by atoms with Crippen LogP contribution in [0.4, 0.5) is 16.2 Å². The van der Waals surface area contributed by atoms with Crippen LogP contribution >= 0.6 is 33.2 Å². The third-order valence-electron chi connectivity index (χ3n) is 16.4. The lowest BCUT2D eigenvalue weighted by Gasteiger charge is -2.42. The number of carbonyl (C=O) groups is 7. The Bertz CT molecular complexity index is 3120. The molecule has 496 valence electrons.